The third-order valence-corrected chi connectivity index (χ3v) is 3.82. The molecule has 0 spiro atoms. The van der Waals surface area contributed by atoms with Gasteiger partial charge in [0.05, 0.1) is 6.42 Å². The minimum atomic E-state index is -0.406. The van der Waals surface area contributed by atoms with Crippen molar-refractivity contribution in [3.63, 3.8) is 0 Å². The summed E-state index contributed by atoms with van der Waals surface area (Å²) in [4.78, 5) is 13.4. The van der Waals surface area contributed by atoms with Crippen LogP contribution in [0.3, 0.4) is 0 Å². The molecule has 0 bridgehead atoms. The maximum Gasteiger partial charge on any atom is 0.247 e. The first-order chi connectivity index (χ1) is 9.19. The molecule has 0 aliphatic rings. The van der Waals surface area contributed by atoms with Gasteiger partial charge in [-0.25, -0.2) is 5.48 Å². The van der Waals surface area contributed by atoms with Crippen LogP contribution < -0.4 is 5.48 Å². The number of carbonyl (C=O) groups excluding carboxylic acids is 1. The lowest BCUT2D eigenvalue weighted by molar-refractivity contribution is -0.128. The first-order valence-corrected chi connectivity index (χ1v) is 6.76. The van der Waals surface area contributed by atoms with E-state index in [1.165, 1.54) is 5.56 Å². The van der Waals surface area contributed by atoms with Gasteiger partial charge in [-0.15, -0.1) is 0 Å². The Morgan fingerprint density at radius 3 is 2.53 bits per heavy atom. The average Bonchev–Trinajstić information content (AvgIpc) is 2.43. The molecule has 98 valence electrons. The van der Waals surface area contributed by atoms with E-state index in [9.17, 15) is 4.79 Å². The molecule has 0 aliphatic heterocycles. The van der Waals surface area contributed by atoms with Crippen molar-refractivity contribution in [2.45, 2.75) is 23.1 Å². The summed E-state index contributed by atoms with van der Waals surface area (Å²) >= 11 is 1.61. The highest BCUT2D eigenvalue weighted by atomic mass is 32.2. The summed E-state index contributed by atoms with van der Waals surface area (Å²) in [7, 11) is 0. The van der Waals surface area contributed by atoms with E-state index in [4.69, 9.17) is 5.21 Å². The summed E-state index contributed by atoms with van der Waals surface area (Å²) in [6, 6.07) is 15.9. The van der Waals surface area contributed by atoms with Crippen LogP contribution in [0.5, 0.6) is 0 Å². The van der Waals surface area contributed by atoms with Crippen LogP contribution in [-0.4, -0.2) is 11.1 Å². The molecule has 0 radical (unpaired) electrons. The lowest BCUT2D eigenvalue weighted by Gasteiger charge is -2.08. The molecule has 2 aromatic rings. The van der Waals surface area contributed by atoms with Gasteiger partial charge in [0.2, 0.25) is 5.91 Å². The van der Waals surface area contributed by atoms with Gasteiger partial charge >= 0.3 is 0 Å². The zero-order valence-electron chi connectivity index (χ0n) is 10.6. The Kier molecular flexibility index (Phi) is 4.60. The molecule has 1 amide bonds. The molecular weight excluding hydrogens is 258 g/mol. The number of carbonyl (C=O) groups is 1. The second-order valence-corrected chi connectivity index (χ2v) is 5.35. The number of nitrogens with one attached hydrogen (secondary N) is 1. The van der Waals surface area contributed by atoms with Crippen LogP contribution in [0.25, 0.3) is 0 Å². The highest BCUT2D eigenvalue weighted by Gasteiger charge is 2.08. The Balaban J connectivity index is 2.20. The third-order valence-electron chi connectivity index (χ3n) is 2.70. The molecule has 0 heterocycles. The van der Waals surface area contributed by atoms with Gasteiger partial charge in [-0.3, -0.25) is 10.0 Å². The van der Waals surface area contributed by atoms with E-state index in [1.807, 2.05) is 31.2 Å². The molecule has 2 rings (SSSR count). The number of rotatable bonds is 4. The predicted octanol–water partition coefficient (Wildman–Crippen LogP) is 3.19. The molecule has 0 aromatic heterocycles. The van der Waals surface area contributed by atoms with Crippen molar-refractivity contribution < 1.29 is 10.0 Å². The quantitative estimate of drug-likeness (QED) is 0.664. The van der Waals surface area contributed by atoms with Gasteiger partial charge in [-0.1, -0.05) is 47.7 Å². The lowest BCUT2D eigenvalue weighted by atomic mass is 10.1. The number of hydrogen-bond acceptors (Lipinski definition) is 3. The number of amides is 1. The molecule has 0 aliphatic carbocycles. The van der Waals surface area contributed by atoms with Gasteiger partial charge in [0.25, 0.3) is 0 Å². The van der Waals surface area contributed by atoms with Gasteiger partial charge in [-0.05, 0) is 30.7 Å². The summed E-state index contributed by atoms with van der Waals surface area (Å²) in [5.74, 6) is -0.406. The van der Waals surface area contributed by atoms with E-state index >= 15 is 0 Å². The molecular formula is C15H15NO2S. The van der Waals surface area contributed by atoms with Crippen molar-refractivity contribution in [2.24, 2.45) is 0 Å². The van der Waals surface area contributed by atoms with Crippen LogP contribution >= 0.6 is 11.8 Å². The largest absolute Gasteiger partial charge is 0.289 e. The van der Waals surface area contributed by atoms with Gasteiger partial charge in [0, 0.05) is 9.79 Å². The molecule has 0 atom stereocenters. The molecule has 4 heteroatoms. The molecule has 0 unspecified atom stereocenters. The fourth-order valence-corrected chi connectivity index (χ4v) is 2.64. The summed E-state index contributed by atoms with van der Waals surface area (Å²) in [5, 5.41) is 8.60. The molecule has 2 N–H and O–H groups in total. The SMILES string of the molecule is Cc1ccc(Sc2ccccc2CC(=O)NO)cc1. The number of hydrogen-bond donors (Lipinski definition) is 2. The Bertz CT molecular complexity index is 567. The van der Waals surface area contributed by atoms with Crippen LogP contribution in [0.4, 0.5) is 0 Å². The van der Waals surface area contributed by atoms with Crippen LogP contribution in [-0.2, 0) is 11.2 Å². The second kappa shape index (κ2) is 6.41. The van der Waals surface area contributed by atoms with Gasteiger partial charge in [-0.2, -0.15) is 0 Å². The first-order valence-electron chi connectivity index (χ1n) is 5.94. The number of aryl methyl sites for hydroxylation is 1. The monoisotopic (exact) mass is 273 g/mol. The number of hydroxylamine groups is 1. The average molecular weight is 273 g/mol. The van der Waals surface area contributed by atoms with Crippen molar-refractivity contribution in [3.8, 4) is 0 Å². The van der Waals surface area contributed by atoms with Gasteiger partial charge < -0.3 is 0 Å². The highest BCUT2D eigenvalue weighted by molar-refractivity contribution is 7.99. The standard InChI is InChI=1S/C15H15NO2S/c1-11-6-8-13(9-7-11)19-14-5-3-2-4-12(14)10-15(17)16-18/h2-9,18H,10H2,1H3,(H,16,17). The minimum absolute atomic E-state index is 0.172. The molecule has 3 nitrogen and oxygen atoms in total. The van der Waals surface area contributed by atoms with Crippen molar-refractivity contribution in [2.75, 3.05) is 0 Å². The molecule has 2 aromatic carbocycles. The topological polar surface area (TPSA) is 49.3 Å². The van der Waals surface area contributed by atoms with E-state index in [-0.39, 0.29) is 6.42 Å². The molecule has 19 heavy (non-hydrogen) atoms. The second-order valence-electron chi connectivity index (χ2n) is 4.23. The van der Waals surface area contributed by atoms with Crippen molar-refractivity contribution in [3.05, 3.63) is 59.7 Å². The summed E-state index contributed by atoms with van der Waals surface area (Å²) in [6.07, 6.45) is 0.172. The van der Waals surface area contributed by atoms with E-state index in [0.29, 0.717) is 0 Å². The van der Waals surface area contributed by atoms with Crippen molar-refractivity contribution in [1.82, 2.24) is 5.48 Å². The van der Waals surface area contributed by atoms with Crippen molar-refractivity contribution >= 4 is 17.7 Å². The fraction of sp³-hybridized carbons (Fsp3) is 0.133. The summed E-state index contributed by atoms with van der Waals surface area (Å²) in [5.41, 5.74) is 3.79. The van der Waals surface area contributed by atoms with Gasteiger partial charge in [0.1, 0.15) is 0 Å². The Morgan fingerprint density at radius 2 is 1.84 bits per heavy atom. The Morgan fingerprint density at radius 1 is 1.16 bits per heavy atom. The molecule has 0 saturated heterocycles. The Hall–Kier alpha value is -1.78. The minimum Gasteiger partial charge on any atom is -0.289 e. The van der Waals surface area contributed by atoms with Crippen LogP contribution in [0, 0.1) is 6.92 Å². The third kappa shape index (κ3) is 3.84. The van der Waals surface area contributed by atoms with E-state index in [2.05, 4.69) is 24.3 Å². The molecule has 0 saturated carbocycles. The lowest BCUT2D eigenvalue weighted by Crippen LogP contribution is -2.20. The van der Waals surface area contributed by atoms with E-state index < -0.39 is 5.91 Å². The zero-order chi connectivity index (χ0) is 13.7. The van der Waals surface area contributed by atoms with E-state index in [1.54, 1.807) is 17.2 Å². The van der Waals surface area contributed by atoms with E-state index in [0.717, 1.165) is 15.4 Å². The zero-order valence-corrected chi connectivity index (χ0v) is 11.4. The van der Waals surface area contributed by atoms with Crippen LogP contribution in [0.15, 0.2) is 58.3 Å². The van der Waals surface area contributed by atoms with Crippen LogP contribution in [0.1, 0.15) is 11.1 Å². The summed E-state index contributed by atoms with van der Waals surface area (Å²) < 4.78 is 0. The van der Waals surface area contributed by atoms with Crippen LogP contribution in [0.2, 0.25) is 0 Å². The van der Waals surface area contributed by atoms with Gasteiger partial charge in [0.15, 0.2) is 0 Å². The fourth-order valence-electron chi connectivity index (χ4n) is 1.70. The maximum atomic E-state index is 11.3. The smallest absolute Gasteiger partial charge is 0.247 e. The normalized spacial score (nSPS) is 10.2. The summed E-state index contributed by atoms with van der Waals surface area (Å²) in [6.45, 7) is 2.05. The first kappa shape index (κ1) is 13.6. The molecule has 0 fully saturated rings. The Labute approximate surface area is 116 Å². The highest BCUT2D eigenvalue weighted by Crippen LogP contribution is 2.30. The predicted molar refractivity (Wildman–Crippen MR) is 75.4 cm³/mol. The maximum absolute atomic E-state index is 11.3. The van der Waals surface area contributed by atoms with Crippen molar-refractivity contribution in [1.29, 1.82) is 0 Å². The number of benzene rings is 2.